The van der Waals surface area contributed by atoms with Crippen LogP contribution in [-0.2, 0) is 30.9 Å². The molecule has 0 atom stereocenters. The van der Waals surface area contributed by atoms with Crippen LogP contribution in [0.25, 0.3) is 22.1 Å². The number of hydrogen-bond donors (Lipinski definition) is 4. The molecule has 1 fully saturated rings. The first-order valence-electron chi connectivity index (χ1n) is 21.0. The summed E-state index contributed by atoms with van der Waals surface area (Å²) in [5.41, 5.74) is 15.8. The number of rotatable bonds is 19. The van der Waals surface area contributed by atoms with E-state index in [0.29, 0.717) is 95.7 Å². The van der Waals surface area contributed by atoms with Crippen LogP contribution in [0.4, 0.5) is 11.9 Å². The van der Waals surface area contributed by atoms with E-state index in [4.69, 9.17) is 35.6 Å². The molecule has 4 amide bonds. The third kappa shape index (κ3) is 9.71. The van der Waals surface area contributed by atoms with Gasteiger partial charge < -0.3 is 34.8 Å². The number of aromatic nitrogens is 8. The largest absolute Gasteiger partial charge is 0.492 e. The van der Waals surface area contributed by atoms with Gasteiger partial charge in [0.15, 0.2) is 0 Å². The molecule has 0 saturated carbocycles. The van der Waals surface area contributed by atoms with E-state index in [2.05, 4.69) is 25.7 Å². The van der Waals surface area contributed by atoms with E-state index in [0.717, 1.165) is 19.6 Å². The Kier molecular flexibility index (Phi) is 13.5. The number of primary amides is 2. The molecular weight excluding hydrogens is 811 g/mol. The fourth-order valence-corrected chi connectivity index (χ4v) is 7.59. The van der Waals surface area contributed by atoms with Crippen LogP contribution in [0.15, 0.2) is 48.6 Å². The SMILES string of the molecule is CCOc1cc(C(N)=O)cc2nc(NC(=O)c3cc(C)nn3CC)n(C/C=C/Cn3c(NC(=O)c4cc(C)nn4CC)nc4cc(C(N)=O)cc(OCCCN5CCOCC5)c43)c12. The number of hydrogen-bond acceptors (Lipinski definition) is 12. The number of ether oxygens (including phenoxy) is 3. The molecular formula is C43H53N13O7. The molecule has 1 saturated heterocycles. The predicted molar refractivity (Wildman–Crippen MR) is 235 cm³/mol. The molecule has 0 aliphatic carbocycles. The third-order valence-corrected chi connectivity index (χ3v) is 10.5. The van der Waals surface area contributed by atoms with E-state index in [1.54, 1.807) is 54.9 Å². The highest BCUT2D eigenvalue weighted by molar-refractivity contribution is 6.05. The molecule has 6 N–H and O–H groups in total. The first-order valence-corrected chi connectivity index (χ1v) is 21.0. The first-order chi connectivity index (χ1) is 30.4. The van der Waals surface area contributed by atoms with Crippen LogP contribution in [0.3, 0.4) is 0 Å². The van der Waals surface area contributed by atoms with Gasteiger partial charge in [-0.25, -0.2) is 9.97 Å². The summed E-state index contributed by atoms with van der Waals surface area (Å²) in [5, 5.41) is 14.8. The van der Waals surface area contributed by atoms with Crippen LogP contribution >= 0.6 is 0 Å². The average Bonchev–Trinajstić information content (AvgIpc) is 4.03. The molecule has 6 aromatic rings. The summed E-state index contributed by atoms with van der Waals surface area (Å²) in [4.78, 5) is 64.3. The van der Waals surface area contributed by atoms with Gasteiger partial charge in [0.25, 0.3) is 11.8 Å². The molecule has 5 heterocycles. The number of nitrogens with two attached hydrogens (primary N) is 2. The van der Waals surface area contributed by atoms with Crippen molar-refractivity contribution < 1.29 is 33.4 Å². The molecule has 0 bridgehead atoms. The fourth-order valence-electron chi connectivity index (χ4n) is 7.59. The predicted octanol–water partition coefficient (Wildman–Crippen LogP) is 3.89. The van der Waals surface area contributed by atoms with Crippen molar-refractivity contribution in [3.8, 4) is 11.5 Å². The highest BCUT2D eigenvalue weighted by Crippen LogP contribution is 2.33. The maximum Gasteiger partial charge on any atom is 0.276 e. The minimum Gasteiger partial charge on any atom is -0.492 e. The molecule has 1 aliphatic rings. The van der Waals surface area contributed by atoms with Crippen molar-refractivity contribution in [2.24, 2.45) is 11.5 Å². The van der Waals surface area contributed by atoms with Gasteiger partial charge in [-0.1, -0.05) is 12.2 Å². The van der Waals surface area contributed by atoms with Gasteiger partial charge in [0.1, 0.15) is 33.9 Å². The van der Waals surface area contributed by atoms with Crippen LogP contribution in [0.2, 0.25) is 0 Å². The van der Waals surface area contributed by atoms with E-state index in [-0.39, 0.29) is 42.7 Å². The van der Waals surface area contributed by atoms with Gasteiger partial charge in [-0.05, 0) is 77.4 Å². The number of fused-ring (bicyclic) bond motifs is 2. The highest BCUT2D eigenvalue weighted by atomic mass is 16.5. The Bertz CT molecular complexity index is 2700. The molecule has 63 heavy (non-hydrogen) atoms. The van der Waals surface area contributed by atoms with Crippen LogP contribution in [0, 0.1) is 13.8 Å². The third-order valence-electron chi connectivity index (χ3n) is 10.5. The number of anilines is 2. The van der Waals surface area contributed by atoms with Crippen molar-refractivity contribution in [3.05, 3.63) is 82.5 Å². The molecule has 0 unspecified atom stereocenters. The molecule has 332 valence electrons. The number of nitrogens with zero attached hydrogens (tertiary/aromatic N) is 9. The lowest BCUT2D eigenvalue weighted by molar-refractivity contribution is 0.0358. The number of aryl methyl sites for hydroxylation is 4. The van der Waals surface area contributed by atoms with E-state index >= 15 is 0 Å². The smallest absolute Gasteiger partial charge is 0.276 e. The average molecular weight is 864 g/mol. The van der Waals surface area contributed by atoms with Gasteiger partial charge in [0, 0.05) is 56.9 Å². The van der Waals surface area contributed by atoms with E-state index in [1.165, 1.54) is 0 Å². The molecule has 4 aromatic heterocycles. The van der Waals surface area contributed by atoms with Crippen LogP contribution in [-0.4, -0.2) is 113 Å². The van der Waals surface area contributed by atoms with Crippen LogP contribution in [0.5, 0.6) is 11.5 Å². The normalized spacial score (nSPS) is 13.3. The van der Waals surface area contributed by atoms with Gasteiger partial charge in [-0.3, -0.25) is 44.1 Å². The number of carbonyl (C=O) groups is 4. The monoisotopic (exact) mass is 863 g/mol. The van der Waals surface area contributed by atoms with Crippen LogP contribution < -0.4 is 31.6 Å². The molecule has 0 spiro atoms. The second kappa shape index (κ2) is 19.3. The fraction of sp³-hybridized carbons (Fsp3) is 0.395. The van der Waals surface area contributed by atoms with E-state index in [9.17, 15) is 19.2 Å². The Morgan fingerprint density at radius 3 is 1.63 bits per heavy atom. The molecule has 20 nitrogen and oxygen atoms in total. The molecule has 1 aliphatic heterocycles. The Balaban J connectivity index is 1.26. The number of nitrogens with one attached hydrogen (secondary N) is 2. The standard InChI is InChI=1S/C43H53N13O7/c1-6-55-32(20-26(4)50-55)40(59)48-42-46-30-22-28(38(44)57)24-34(62-8-3)36(30)53(42)13-9-10-14-54-37-31(47-43(54)49-41(60)33-21-27(5)51-56(33)7-2)23-29(39(45)58)25-35(37)63-17-11-12-52-15-18-61-19-16-52/h9-10,20-25H,6-8,11-19H2,1-5H3,(H2,44,57)(H2,45,58)(H,46,48,59)(H,47,49,60)/b10-9+. The maximum absolute atomic E-state index is 13.8. The van der Waals surface area contributed by atoms with Gasteiger partial charge in [0.05, 0.1) is 48.8 Å². The number of allylic oxidation sites excluding steroid dienone is 2. The highest BCUT2D eigenvalue weighted by Gasteiger charge is 2.24. The van der Waals surface area contributed by atoms with Crippen molar-refractivity contribution in [3.63, 3.8) is 0 Å². The van der Waals surface area contributed by atoms with Crippen molar-refractivity contribution in [1.82, 2.24) is 43.6 Å². The number of morpholine rings is 1. The summed E-state index contributed by atoms with van der Waals surface area (Å²) < 4.78 is 24.6. The number of amides is 4. The summed E-state index contributed by atoms with van der Waals surface area (Å²) in [5.74, 6) is -1.05. The van der Waals surface area contributed by atoms with Crippen molar-refractivity contribution in [2.45, 2.75) is 67.2 Å². The maximum atomic E-state index is 13.8. The van der Waals surface area contributed by atoms with Gasteiger partial charge in [0.2, 0.25) is 23.7 Å². The van der Waals surface area contributed by atoms with Crippen LogP contribution in [0.1, 0.15) is 80.3 Å². The van der Waals surface area contributed by atoms with Gasteiger partial charge in [-0.2, -0.15) is 10.2 Å². The zero-order chi connectivity index (χ0) is 44.8. The molecule has 0 radical (unpaired) electrons. The minimum atomic E-state index is -0.659. The quantitative estimate of drug-likeness (QED) is 0.0669. The van der Waals surface area contributed by atoms with E-state index < -0.39 is 23.6 Å². The minimum absolute atomic E-state index is 0.172. The Hall–Kier alpha value is -7.06. The topological polar surface area (TPSA) is 247 Å². The Morgan fingerprint density at radius 2 is 1.19 bits per heavy atom. The second-order valence-electron chi connectivity index (χ2n) is 14.9. The summed E-state index contributed by atoms with van der Waals surface area (Å²) in [6.45, 7) is 15.0. The lowest BCUT2D eigenvalue weighted by Crippen LogP contribution is -2.37. The Labute approximate surface area is 363 Å². The first kappa shape index (κ1) is 44.0. The number of benzene rings is 2. The zero-order valence-electron chi connectivity index (χ0n) is 36.1. The summed E-state index contributed by atoms with van der Waals surface area (Å²) in [6.07, 6.45) is 4.44. The van der Waals surface area contributed by atoms with Crippen molar-refractivity contribution in [2.75, 3.05) is 56.7 Å². The molecule has 7 rings (SSSR count). The van der Waals surface area contributed by atoms with Crippen molar-refractivity contribution in [1.29, 1.82) is 0 Å². The second-order valence-corrected chi connectivity index (χ2v) is 14.9. The summed E-state index contributed by atoms with van der Waals surface area (Å²) >= 11 is 0. The summed E-state index contributed by atoms with van der Waals surface area (Å²) in [7, 11) is 0. The number of imidazole rings is 2. The van der Waals surface area contributed by atoms with Gasteiger partial charge in [-0.15, -0.1) is 0 Å². The van der Waals surface area contributed by atoms with Crippen molar-refractivity contribution >= 4 is 57.6 Å². The van der Waals surface area contributed by atoms with Gasteiger partial charge >= 0.3 is 0 Å². The summed E-state index contributed by atoms with van der Waals surface area (Å²) in [6, 6.07) is 9.67. The molecule has 2 aromatic carbocycles. The lowest BCUT2D eigenvalue weighted by Gasteiger charge is -2.26. The lowest BCUT2D eigenvalue weighted by atomic mass is 10.1. The number of carbonyl (C=O) groups excluding carboxylic acids is 4. The van der Waals surface area contributed by atoms with E-state index in [1.807, 2.05) is 46.8 Å². The Morgan fingerprint density at radius 1 is 0.714 bits per heavy atom. The zero-order valence-corrected chi connectivity index (χ0v) is 36.1. The molecule has 20 heteroatoms.